The minimum absolute atomic E-state index is 0.195. The summed E-state index contributed by atoms with van der Waals surface area (Å²) in [5, 5.41) is 6.26. The van der Waals surface area contributed by atoms with Crippen LogP contribution in [-0.2, 0) is 0 Å². The minimum atomic E-state index is -0.608. The van der Waals surface area contributed by atoms with Gasteiger partial charge in [-0.25, -0.2) is 19.3 Å². The first kappa shape index (κ1) is 19.3. The SMILES string of the molecule is CC(Nc1nc(Nc2cnccn2)cc(-c2ccnc(F)c2)n1)c1ccc(F)cc1. The van der Waals surface area contributed by atoms with Gasteiger partial charge in [-0.1, -0.05) is 12.1 Å². The lowest BCUT2D eigenvalue weighted by Gasteiger charge is -2.16. The second kappa shape index (κ2) is 8.56. The number of anilines is 3. The Labute approximate surface area is 171 Å². The van der Waals surface area contributed by atoms with Crippen molar-refractivity contribution < 1.29 is 8.78 Å². The van der Waals surface area contributed by atoms with Gasteiger partial charge in [-0.15, -0.1) is 0 Å². The number of pyridine rings is 1. The fourth-order valence-electron chi connectivity index (χ4n) is 2.81. The molecule has 0 radical (unpaired) electrons. The molecule has 0 aliphatic heterocycles. The zero-order valence-corrected chi connectivity index (χ0v) is 15.9. The molecule has 4 aromatic rings. The molecule has 0 bridgehead atoms. The van der Waals surface area contributed by atoms with E-state index < -0.39 is 5.95 Å². The highest BCUT2D eigenvalue weighted by atomic mass is 19.1. The summed E-state index contributed by atoms with van der Waals surface area (Å²) in [6.45, 7) is 1.91. The van der Waals surface area contributed by atoms with Gasteiger partial charge >= 0.3 is 0 Å². The lowest BCUT2D eigenvalue weighted by molar-refractivity contribution is 0.584. The molecule has 0 amide bonds. The summed E-state index contributed by atoms with van der Waals surface area (Å²) in [4.78, 5) is 20.8. The van der Waals surface area contributed by atoms with Gasteiger partial charge in [0.25, 0.3) is 0 Å². The standard InChI is InChI=1S/C21H17F2N7/c1-13(14-2-4-16(22)5-3-14)27-21-28-17(15-6-7-25-18(23)10-15)11-19(30-21)29-20-12-24-8-9-26-20/h2-13H,1H3,(H2,26,27,28,29,30). The van der Waals surface area contributed by atoms with Crippen LogP contribution in [0.5, 0.6) is 0 Å². The van der Waals surface area contributed by atoms with Gasteiger partial charge < -0.3 is 10.6 Å². The maximum Gasteiger partial charge on any atom is 0.225 e. The molecule has 1 atom stereocenters. The number of aromatic nitrogens is 5. The van der Waals surface area contributed by atoms with Crippen molar-refractivity contribution in [1.29, 1.82) is 0 Å². The number of benzene rings is 1. The van der Waals surface area contributed by atoms with Gasteiger partial charge in [-0.3, -0.25) is 4.98 Å². The van der Waals surface area contributed by atoms with Crippen LogP contribution in [0.25, 0.3) is 11.3 Å². The minimum Gasteiger partial charge on any atom is -0.348 e. The predicted octanol–water partition coefficient (Wildman–Crippen LogP) is 4.52. The van der Waals surface area contributed by atoms with E-state index in [-0.39, 0.29) is 11.9 Å². The van der Waals surface area contributed by atoms with Gasteiger partial charge in [0.05, 0.1) is 17.9 Å². The molecule has 7 nitrogen and oxygen atoms in total. The van der Waals surface area contributed by atoms with E-state index in [1.807, 2.05) is 6.92 Å². The molecule has 0 aliphatic carbocycles. The van der Waals surface area contributed by atoms with E-state index in [9.17, 15) is 8.78 Å². The molecule has 1 aromatic carbocycles. The third kappa shape index (κ3) is 4.69. The van der Waals surface area contributed by atoms with Crippen LogP contribution >= 0.6 is 0 Å². The Morgan fingerprint density at radius 1 is 0.867 bits per heavy atom. The normalized spacial score (nSPS) is 11.7. The summed E-state index contributed by atoms with van der Waals surface area (Å²) < 4.78 is 26.8. The summed E-state index contributed by atoms with van der Waals surface area (Å²) in [5.41, 5.74) is 1.90. The first-order valence-corrected chi connectivity index (χ1v) is 9.13. The topological polar surface area (TPSA) is 88.5 Å². The van der Waals surface area contributed by atoms with Gasteiger partial charge in [0, 0.05) is 36.3 Å². The van der Waals surface area contributed by atoms with Crippen molar-refractivity contribution >= 4 is 17.6 Å². The molecule has 0 spiro atoms. The van der Waals surface area contributed by atoms with E-state index >= 15 is 0 Å². The highest BCUT2D eigenvalue weighted by molar-refractivity contribution is 5.66. The van der Waals surface area contributed by atoms with E-state index in [1.165, 1.54) is 24.4 Å². The molecule has 3 aromatic heterocycles. The highest BCUT2D eigenvalue weighted by Crippen LogP contribution is 2.25. The van der Waals surface area contributed by atoms with Crippen LogP contribution < -0.4 is 10.6 Å². The molecular formula is C21H17F2N7. The average Bonchev–Trinajstić information content (AvgIpc) is 2.75. The maximum absolute atomic E-state index is 13.6. The Hall–Kier alpha value is -4.01. The number of hydrogen-bond acceptors (Lipinski definition) is 7. The molecule has 0 saturated carbocycles. The predicted molar refractivity (Wildman–Crippen MR) is 109 cm³/mol. The van der Waals surface area contributed by atoms with Crippen molar-refractivity contribution in [3.63, 3.8) is 0 Å². The van der Waals surface area contributed by atoms with Crippen LogP contribution in [0.2, 0.25) is 0 Å². The lowest BCUT2D eigenvalue weighted by Crippen LogP contribution is -2.11. The van der Waals surface area contributed by atoms with Crippen molar-refractivity contribution in [2.45, 2.75) is 13.0 Å². The Kier molecular flexibility index (Phi) is 5.51. The van der Waals surface area contributed by atoms with Crippen molar-refractivity contribution in [3.8, 4) is 11.3 Å². The lowest BCUT2D eigenvalue weighted by atomic mass is 10.1. The van der Waals surface area contributed by atoms with E-state index in [0.29, 0.717) is 28.8 Å². The van der Waals surface area contributed by atoms with E-state index in [4.69, 9.17) is 0 Å². The number of hydrogen-bond donors (Lipinski definition) is 2. The summed E-state index contributed by atoms with van der Waals surface area (Å²) in [6.07, 6.45) is 6.05. The van der Waals surface area contributed by atoms with E-state index in [0.717, 1.165) is 5.56 Å². The molecule has 150 valence electrons. The fraction of sp³-hybridized carbons (Fsp3) is 0.0952. The van der Waals surface area contributed by atoms with E-state index in [1.54, 1.807) is 42.9 Å². The average molecular weight is 405 g/mol. The molecule has 2 N–H and O–H groups in total. The van der Waals surface area contributed by atoms with Crippen LogP contribution in [-0.4, -0.2) is 24.9 Å². The number of rotatable bonds is 6. The van der Waals surface area contributed by atoms with Crippen molar-refractivity contribution in [2.24, 2.45) is 0 Å². The number of halogens is 2. The number of nitrogens with zero attached hydrogens (tertiary/aromatic N) is 5. The number of nitrogens with one attached hydrogen (secondary N) is 2. The second-order valence-electron chi connectivity index (χ2n) is 6.46. The summed E-state index contributed by atoms with van der Waals surface area (Å²) >= 11 is 0. The molecule has 3 heterocycles. The van der Waals surface area contributed by atoms with E-state index in [2.05, 4.69) is 35.6 Å². The smallest absolute Gasteiger partial charge is 0.225 e. The summed E-state index contributed by atoms with van der Waals surface area (Å²) in [5.74, 6) is 0.350. The Bertz CT molecular complexity index is 1140. The quantitative estimate of drug-likeness (QED) is 0.456. The molecule has 1 unspecified atom stereocenters. The van der Waals surface area contributed by atoms with Crippen LogP contribution in [0.15, 0.2) is 67.3 Å². The Balaban J connectivity index is 1.68. The Morgan fingerprint density at radius 3 is 2.43 bits per heavy atom. The van der Waals surface area contributed by atoms with Gasteiger partial charge in [-0.05, 0) is 30.7 Å². The van der Waals surface area contributed by atoms with Crippen LogP contribution in [0.4, 0.5) is 26.4 Å². The van der Waals surface area contributed by atoms with Gasteiger partial charge in [0.2, 0.25) is 11.9 Å². The first-order valence-electron chi connectivity index (χ1n) is 9.13. The van der Waals surface area contributed by atoms with Gasteiger partial charge in [0.1, 0.15) is 17.5 Å². The third-order valence-corrected chi connectivity index (χ3v) is 4.28. The molecule has 30 heavy (non-hydrogen) atoms. The van der Waals surface area contributed by atoms with Gasteiger partial charge in [-0.2, -0.15) is 9.37 Å². The van der Waals surface area contributed by atoms with Crippen molar-refractivity contribution in [3.05, 3.63) is 84.6 Å². The van der Waals surface area contributed by atoms with Crippen molar-refractivity contribution in [2.75, 3.05) is 10.6 Å². The fourth-order valence-corrected chi connectivity index (χ4v) is 2.81. The monoisotopic (exact) mass is 405 g/mol. The van der Waals surface area contributed by atoms with Crippen LogP contribution in [0.3, 0.4) is 0 Å². The Morgan fingerprint density at radius 2 is 1.70 bits per heavy atom. The van der Waals surface area contributed by atoms with Crippen LogP contribution in [0, 0.1) is 11.8 Å². The zero-order chi connectivity index (χ0) is 20.9. The maximum atomic E-state index is 13.6. The van der Waals surface area contributed by atoms with Gasteiger partial charge in [0.15, 0.2) is 0 Å². The summed E-state index contributed by atoms with van der Waals surface area (Å²) in [6, 6.07) is 10.6. The molecule has 0 fully saturated rings. The highest BCUT2D eigenvalue weighted by Gasteiger charge is 2.12. The van der Waals surface area contributed by atoms with Crippen LogP contribution in [0.1, 0.15) is 18.5 Å². The first-order chi connectivity index (χ1) is 14.6. The summed E-state index contributed by atoms with van der Waals surface area (Å²) in [7, 11) is 0. The molecule has 0 aliphatic rings. The largest absolute Gasteiger partial charge is 0.348 e. The van der Waals surface area contributed by atoms with Crippen molar-refractivity contribution in [1.82, 2.24) is 24.9 Å². The second-order valence-corrected chi connectivity index (χ2v) is 6.46. The zero-order valence-electron chi connectivity index (χ0n) is 15.9. The third-order valence-electron chi connectivity index (χ3n) is 4.28. The molecule has 0 saturated heterocycles. The molecule has 4 rings (SSSR count). The molecule has 9 heteroatoms. The molecular weight excluding hydrogens is 388 g/mol.